The van der Waals surface area contributed by atoms with E-state index in [9.17, 15) is 23.1 Å². The normalized spacial score (nSPS) is 17.3. The molecule has 7 nitrogen and oxygen atoms in total. The molecule has 0 spiro atoms. The minimum atomic E-state index is -4.55. The van der Waals surface area contributed by atoms with Crippen LogP contribution in [0.15, 0.2) is 24.5 Å². The monoisotopic (exact) mass is 419 g/mol. The Morgan fingerprint density at radius 1 is 1.30 bits per heavy atom. The molecular weight excluding hydrogens is 399 g/mol. The van der Waals surface area contributed by atoms with Crippen molar-refractivity contribution in [2.45, 2.75) is 33.0 Å². The zero-order valence-corrected chi connectivity index (χ0v) is 16.4. The maximum atomic E-state index is 13.0. The van der Waals surface area contributed by atoms with E-state index in [2.05, 4.69) is 15.1 Å². The summed E-state index contributed by atoms with van der Waals surface area (Å²) in [5.74, 6) is -0.238. The number of aromatic hydroxyl groups is 1. The van der Waals surface area contributed by atoms with Crippen molar-refractivity contribution in [2.75, 3.05) is 13.1 Å². The molecule has 0 aliphatic carbocycles. The highest BCUT2D eigenvalue weighted by atomic mass is 19.4. The zero-order chi connectivity index (χ0) is 21.6. The molecule has 1 aliphatic heterocycles. The van der Waals surface area contributed by atoms with Crippen LogP contribution in [0, 0.1) is 12.8 Å². The highest BCUT2D eigenvalue weighted by Crippen LogP contribution is 2.38. The summed E-state index contributed by atoms with van der Waals surface area (Å²) in [4.78, 5) is 22.4. The quantitative estimate of drug-likeness (QED) is 0.701. The summed E-state index contributed by atoms with van der Waals surface area (Å²) in [6.07, 6.45) is -0.953. The molecule has 30 heavy (non-hydrogen) atoms. The van der Waals surface area contributed by atoms with Crippen molar-refractivity contribution in [1.82, 2.24) is 24.6 Å². The van der Waals surface area contributed by atoms with Gasteiger partial charge in [-0.2, -0.15) is 18.3 Å². The summed E-state index contributed by atoms with van der Waals surface area (Å²) in [5.41, 5.74) is 0.588. The minimum Gasteiger partial charge on any atom is -0.507 e. The Labute approximate surface area is 170 Å². The summed E-state index contributed by atoms with van der Waals surface area (Å²) in [6.45, 7) is 5.32. The summed E-state index contributed by atoms with van der Waals surface area (Å²) in [7, 11) is 0. The molecule has 1 unspecified atom stereocenters. The van der Waals surface area contributed by atoms with E-state index < -0.39 is 17.5 Å². The van der Waals surface area contributed by atoms with Gasteiger partial charge >= 0.3 is 6.18 Å². The number of aromatic nitrogens is 4. The number of carbonyl (C=O) groups excluding carboxylic acids is 1. The van der Waals surface area contributed by atoms with Crippen molar-refractivity contribution < 1.29 is 23.1 Å². The molecule has 0 radical (unpaired) electrons. The number of rotatable bonds is 4. The minimum absolute atomic E-state index is 0.131. The van der Waals surface area contributed by atoms with Gasteiger partial charge in [-0.05, 0) is 31.5 Å². The fourth-order valence-corrected chi connectivity index (χ4v) is 3.87. The molecule has 0 saturated carbocycles. The number of halogens is 3. The van der Waals surface area contributed by atoms with E-state index in [1.807, 2.05) is 6.92 Å². The first-order chi connectivity index (χ1) is 14.2. The van der Waals surface area contributed by atoms with Gasteiger partial charge in [0.05, 0.1) is 23.7 Å². The number of fused-ring (bicyclic) bond motifs is 1. The first-order valence-corrected chi connectivity index (χ1v) is 9.55. The van der Waals surface area contributed by atoms with E-state index in [0.29, 0.717) is 43.3 Å². The number of amides is 1. The number of nitrogens with zero attached hydrogens (tertiary/aromatic N) is 5. The van der Waals surface area contributed by atoms with Crippen LogP contribution in [0.1, 0.15) is 24.5 Å². The van der Waals surface area contributed by atoms with Crippen LogP contribution in [0.3, 0.4) is 0 Å². The number of likely N-dealkylation sites (tertiary alicyclic amines) is 1. The van der Waals surface area contributed by atoms with Crippen LogP contribution in [0.4, 0.5) is 13.2 Å². The predicted octanol–water partition coefficient (Wildman–Crippen LogP) is 3.39. The molecule has 1 N–H and O–H groups in total. The molecule has 1 fully saturated rings. The lowest BCUT2D eigenvalue weighted by Gasteiger charge is -2.13. The van der Waals surface area contributed by atoms with Crippen molar-refractivity contribution in [3.63, 3.8) is 0 Å². The van der Waals surface area contributed by atoms with E-state index in [0.717, 1.165) is 6.07 Å². The van der Waals surface area contributed by atoms with Crippen molar-refractivity contribution >= 4 is 17.1 Å². The zero-order valence-electron chi connectivity index (χ0n) is 16.4. The predicted molar refractivity (Wildman–Crippen MR) is 103 cm³/mol. The Morgan fingerprint density at radius 3 is 2.70 bits per heavy atom. The van der Waals surface area contributed by atoms with Crippen LogP contribution in [0.5, 0.6) is 5.75 Å². The fraction of sp³-hybridized carbons (Fsp3) is 0.400. The maximum absolute atomic E-state index is 13.0. The molecule has 1 saturated heterocycles. The smallest absolute Gasteiger partial charge is 0.416 e. The lowest BCUT2D eigenvalue weighted by molar-refractivity contribution is -0.137. The standard InChI is InChI=1S/C20H20F3N5O2/c1-3-27-8-12(5-17(27)30)9-28-10-15-19(26-28)25-14(7-24-15)18-11(2)4-13(6-16(18)29)20(21,22)23/h4,6-7,10,12,29H,3,5,8-9H2,1-2H3. The Hall–Kier alpha value is -3.17. The highest BCUT2D eigenvalue weighted by molar-refractivity contribution is 5.79. The number of carbonyl (C=O) groups is 1. The van der Waals surface area contributed by atoms with Crippen molar-refractivity contribution in [1.29, 1.82) is 0 Å². The summed E-state index contributed by atoms with van der Waals surface area (Å²) < 4.78 is 40.6. The molecule has 3 heterocycles. The van der Waals surface area contributed by atoms with Crippen LogP contribution in [-0.4, -0.2) is 48.8 Å². The van der Waals surface area contributed by atoms with Gasteiger partial charge in [-0.15, -0.1) is 0 Å². The SMILES string of the molecule is CCN1CC(Cn2cc3ncc(-c4c(C)cc(C(F)(F)F)cc4O)nc3n2)CC1=O. The number of hydrogen-bond acceptors (Lipinski definition) is 5. The van der Waals surface area contributed by atoms with E-state index in [4.69, 9.17) is 0 Å². The molecule has 0 bridgehead atoms. The first kappa shape index (κ1) is 20.1. The number of aryl methyl sites for hydroxylation is 1. The second-order valence-corrected chi connectivity index (χ2v) is 7.50. The Kier molecular flexibility index (Phi) is 4.87. The third kappa shape index (κ3) is 3.69. The van der Waals surface area contributed by atoms with Crippen LogP contribution >= 0.6 is 0 Å². The Balaban J connectivity index is 1.63. The molecule has 4 rings (SSSR count). The molecule has 1 aliphatic rings. The van der Waals surface area contributed by atoms with Crippen LogP contribution in [-0.2, 0) is 17.5 Å². The molecule has 3 aromatic rings. The molecule has 1 aromatic carbocycles. The average Bonchev–Trinajstić information content (AvgIpc) is 3.22. The number of phenols is 1. The summed E-state index contributed by atoms with van der Waals surface area (Å²) in [5, 5.41) is 14.6. The van der Waals surface area contributed by atoms with E-state index in [1.54, 1.807) is 15.8 Å². The van der Waals surface area contributed by atoms with Gasteiger partial charge in [-0.1, -0.05) is 0 Å². The van der Waals surface area contributed by atoms with Gasteiger partial charge in [0, 0.05) is 37.5 Å². The third-order valence-corrected chi connectivity index (χ3v) is 5.30. The van der Waals surface area contributed by atoms with Gasteiger partial charge in [0.1, 0.15) is 11.3 Å². The second kappa shape index (κ2) is 7.26. The third-order valence-electron chi connectivity index (χ3n) is 5.30. The average molecular weight is 419 g/mol. The molecular formula is C20H20F3N5O2. The summed E-state index contributed by atoms with van der Waals surface area (Å²) >= 11 is 0. The topological polar surface area (TPSA) is 84.1 Å². The highest BCUT2D eigenvalue weighted by Gasteiger charge is 2.32. The van der Waals surface area contributed by atoms with Crippen molar-refractivity contribution in [3.05, 3.63) is 35.7 Å². The van der Waals surface area contributed by atoms with Gasteiger partial charge in [-0.3, -0.25) is 9.48 Å². The second-order valence-electron chi connectivity index (χ2n) is 7.50. The van der Waals surface area contributed by atoms with Crippen molar-refractivity contribution in [3.8, 4) is 17.0 Å². The largest absolute Gasteiger partial charge is 0.507 e. The summed E-state index contributed by atoms with van der Waals surface area (Å²) in [6, 6.07) is 1.65. The Morgan fingerprint density at radius 2 is 2.07 bits per heavy atom. The molecule has 1 amide bonds. The lowest BCUT2D eigenvalue weighted by atomic mass is 10.0. The van der Waals surface area contributed by atoms with Gasteiger partial charge in [0.15, 0.2) is 5.65 Å². The molecule has 10 heteroatoms. The van der Waals surface area contributed by atoms with E-state index in [1.165, 1.54) is 13.1 Å². The first-order valence-electron chi connectivity index (χ1n) is 9.55. The maximum Gasteiger partial charge on any atom is 0.416 e. The fourth-order valence-electron chi connectivity index (χ4n) is 3.87. The number of alkyl halides is 3. The molecule has 158 valence electrons. The van der Waals surface area contributed by atoms with Gasteiger partial charge in [0.25, 0.3) is 0 Å². The van der Waals surface area contributed by atoms with E-state index in [-0.39, 0.29) is 28.6 Å². The van der Waals surface area contributed by atoms with E-state index >= 15 is 0 Å². The van der Waals surface area contributed by atoms with Crippen LogP contribution < -0.4 is 0 Å². The van der Waals surface area contributed by atoms with Crippen LogP contribution in [0.25, 0.3) is 22.4 Å². The molecule has 1 atom stereocenters. The lowest BCUT2D eigenvalue weighted by Crippen LogP contribution is -2.25. The van der Waals surface area contributed by atoms with Gasteiger partial charge in [0.2, 0.25) is 5.91 Å². The number of hydrogen-bond donors (Lipinski definition) is 1. The van der Waals surface area contributed by atoms with Gasteiger partial charge in [-0.25, -0.2) is 9.97 Å². The van der Waals surface area contributed by atoms with Crippen molar-refractivity contribution in [2.24, 2.45) is 5.92 Å². The molecule has 2 aromatic heterocycles. The van der Waals surface area contributed by atoms with Crippen LogP contribution in [0.2, 0.25) is 0 Å². The number of benzene rings is 1. The van der Waals surface area contributed by atoms with Gasteiger partial charge < -0.3 is 10.0 Å². The Bertz CT molecular complexity index is 1100. The number of phenolic OH excluding ortho intramolecular Hbond substituents is 1.